The summed E-state index contributed by atoms with van der Waals surface area (Å²) in [5, 5.41) is 12.7. The van der Waals surface area contributed by atoms with Crippen LogP contribution in [0.4, 0.5) is 0 Å². The SMILES string of the molecule is COC[C@H](C)Oc1cc(Oc2ccc(S(C)(=O)=O)cc2)cc(-c2ccc(C3=CC[C@H](CO)N3)[nH]2)c1. The predicted octanol–water partition coefficient (Wildman–Crippen LogP) is 3.99. The fourth-order valence-electron chi connectivity index (χ4n) is 3.87. The van der Waals surface area contributed by atoms with Gasteiger partial charge in [-0.25, -0.2) is 8.42 Å². The fourth-order valence-corrected chi connectivity index (χ4v) is 4.50. The maximum atomic E-state index is 11.7. The van der Waals surface area contributed by atoms with Gasteiger partial charge in [-0.1, -0.05) is 6.08 Å². The summed E-state index contributed by atoms with van der Waals surface area (Å²) >= 11 is 0. The van der Waals surface area contributed by atoms with E-state index in [0.29, 0.717) is 23.9 Å². The molecule has 3 aromatic rings. The minimum Gasteiger partial charge on any atom is -0.488 e. The van der Waals surface area contributed by atoms with Crippen molar-refractivity contribution in [2.45, 2.75) is 30.4 Å². The normalized spacial score (nSPS) is 16.5. The number of methoxy groups -OCH3 is 1. The first-order valence-electron chi connectivity index (χ1n) is 11.3. The predicted molar refractivity (Wildman–Crippen MR) is 134 cm³/mol. The minimum atomic E-state index is -3.29. The second kappa shape index (κ2) is 10.6. The van der Waals surface area contributed by atoms with Crippen molar-refractivity contribution >= 4 is 15.5 Å². The summed E-state index contributed by atoms with van der Waals surface area (Å²) in [5.74, 6) is 1.67. The average molecular weight is 499 g/mol. The Morgan fingerprint density at radius 1 is 1.03 bits per heavy atom. The highest BCUT2D eigenvalue weighted by Crippen LogP contribution is 2.34. The molecule has 1 aromatic heterocycles. The molecule has 2 atom stereocenters. The molecule has 35 heavy (non-hydrogen) atoms. The van der Waals surface area contributed by atoms with E-state index in [2.05, 4.69) is 16.4 Å². The van der Waals surface area contributed by atoms with E-state index < -0.39 is 9.84 Å². The monoisotopic (exact) mass is 498 g/mol. The molecule has 1 aliphatic rings. The standard InChI is InChI=1S/C26H30N2O6S/c1-17(16-32-2)33-21-12-18(24-10-11-26(28-24)25-9-4-19(15-29)27-25)13-22(14-21)34-20-5-7-23(8-6-20)35(3,30)31/h5-14,17,19,27-29H,4,15-16H2,1-3H3/t17-,19+/m0/s1. The molecule has 0 radical (unpaired) electrons. The quantitative estimate of drug-likeness (QED) is 0.388. The second-order valence-corrected chi connectivity index (χ2v) is 10.6. The summed E-state index contributed by atoms with van der Waals surface area (Å²) in [4.78, 5) is 3.65. The molecular weight excluding hydrogens is 468 g/mol. The number of rotatable bonds is 10. The van der Waals surface area contributed by atoms with Gasteiger partial charge in [0.1, 0.15) is 23.4 Å². The molecule has 0 amide bonds. The molecule has 9 heteroatoms. The van der Waals surface area contributed by atoms with Crippen LogP contribution in [0, 0.1) is 0 Å². The van der Waals surface area contributed by atoms with Gasteiger partial charge in [0.05, 0.1) is 35.5 Å². The molecule has 8 nitrogen and oxygen atoms in total. The molecule has 3 N–H and O–H groups in total. The summed E-state index contributed by atoms with van der Waals surface area (Å²) in [6, 6.07) is 15.9. The van der Waals surface area contributed by atoms with E-state index in [9.17, 15) is 13.5 Å². The Balaban J connectivity index is 1.62. The van der Waals surface area contributed by atoms with Crippen LogP contribution in [0.5, 0.6) is 17.2 Å². The van der Waals surface area contributed by atoms with Gasteiger partial charge < -0.3 is 29.6 Å². The highest BCUT2D eigenvalue weighted by atomic mass is 32.2. The van der Waals surface area contributed by atoms with Crippen molar-refractivity contribution in [2.75, 3.05) is 26.6 Å². The molecule has 2 aromatic carbocycles. The largest absolute Gasteiger partial charge is 0.488 e. The molecule has 4 rings (SSSR count). The van der Waals surface area contributed by atoms with Crippen LogP contribution < -0.4 is 14.8 Å². The summed E-state index contributed by atoms with van der Waals surface area (Å²) in [6.07, 6.45) is 3.84. The third-order valence-corrected chi connectivity index (χ3v) is 6.71. The van der Waals surface area contributed by atoms with E-state index >= 15 is 0 Å². The van der Waals surface area contributed by atoms with E-state index in [1.165, 1.54) is 18.4 Å². The number of nitrogens with one attached hydrogen (secondary N) is 2. The highest BCUT2D eigenvalue weighted by Gasteiger charge is 2.18. The van der Waals surface area contributed by atoms with Crippen molar-refractivity contribution in [3.8, 4) is 28.5 Å². The molecule has 0 saturated carbocycles. The molecule has 0 bridgehead atoms. The first-order chi connectivity index (χ1) is 16.7. The number of hydrogen-bond donors (Lipinski definition) is 3. The number of aliphatic hydroxyl groups is 1. The van der Waals surface area contributed by atoms with E-state index in [0.717, 1.165) is 29.1 Å². The minimum absolute atomic E-state index is 0.0323. The van der Waals surface area contributed by atoms with Crippen molar-refractivity contribution < 1.29 is 27.7 Å². The van der Waals surface area contributed by atoms with Gasteiger partial charge in [0.15, 0.2) is 9.84 Å². The van der Waals surface area contributed by atoms with Crippen LogP contribution >= 0.6 is 0 Å². The second-order valence-electron chi connectivity index (χ2n) is 8.59. The first kappa shape index (κ1) is 24.8. The van der Waals surface area contributed by atoms with Crippen LogP contribution in [0.25, 0.3) is 17.0 Å². The number of ether oxygens (including phenoxy) is 3. The van der Waals surface area contributed by atoms with Crippen molar-refractivity contribution in [2.24, 2.45) is 0 Å². The summed E-state index contributed by atoms with van der Waals surface area (Å²) in [5.41, 5.74) is 3.61. The number of aliphatic hydroxyl groups excluding tert-OH is 1. The third-order valence-electron chi connectivity index (χ3n) is 5.58. The Bertz CT molecular complexity index is 1300. The van der Waals surface area contributed by atoms with Crippen LogP contribution in [0.2, 0.25) is 0 Å². The number of hydrogen-bond acceptors (Lipinski definition) is 7. The molecular formula is C26H30N2O6S. The average Bonchev–Trinajstić information content (AvgIpc) is 3.48. The van der Waals surface area contributed by atoms with E-state index in [1.54, 1.807) is 25.3 Å². The molecule has 0 aliphatic carbocycles. The van der Waals surface area contributed by atoms with E-state index in [4.69, 9.17) is 14.2 Å². The molecule has 0 unspecified atom stereocenters. The molecule has 0 spiro atoms. The number of aromatic amines is 1. The first-order valence-corrected chi connectivity index (χ1v) is 13.2. The van der Waals surface area contributed by atoms with Crippen molar-refractivity contribution in [1.29, 1.82) is 0 Å². The molecule has 2 heterocycles. The summed E-state index contributed by atoms with van der Waals surface area (Å²) in [6.45, 7) is 2.44. The van der Waals surface area contributed by atoms with Crippen LogP contribution in [0.1, 0.15) is 19.0 Å². The lowest BCUT2D eigenvalue weighted by Gasteiger charge is -2.16. The van der Waals surface area contributed by atoms with Crippen LogP contribution in [0.3, 0.4) is 0 Å². The van der Waals surface area contributed by atoms with Gasteiger partial charge in [-0.05, 0) is 61.9 Å². The zero-order valence-corrected chi connectivity index (χ0v) is 20.8. The molecule has 1 aliphatic heterocycles. The Labute approximate surface area is 205 Å². The number of sulfone groups is 1. The fraction of sp³-hybridized carbons (Fsp3) is 0.308. The Morgan fingerprint density at radius 3 is 2.40 bits per heavy atom. The van der Waals surface area contributed by atoms with Gasteiger partial charge in [-0.15, -0.1) is 0 Å². The number of aromatic nitrogens is 1. The number of H-pyrrole nitrogens is 1. The van der Waals surface area contributed by atoms with Gasteiger partial charge in [0.2, 0.25) is 0 Å². The Hall–Kier alpha value is -3.27. The van der Waals surface area contributed by atoms with Gasteiger partial charge in [0, 0.05) is 30.7 Å². The third kappa shape index (κ3) is 6.25. The summed E-state index contributed by atoms with van der Waals surface area (Å²) in [7, 11) is -1.66. The maximum absolute atomic E-state index is 11.7. The van der Waals surface area contributed by atoms with Gasteiger partial charge in [-0.3, -0.25) is 0 Å². The van der Waals surface area contributed by atoms with Gasteiger partial charge >= 0.3 is 0 Å². The Morgan fingerprint density at radius 2 is 1.74 bits per heavy atom. The molecule has 186 valence electrons. The maximum Gasteiger partial charge on any atom is 0.175 e. The lowest BCUT2D eigenvalue weighted by atomic mass is 10.1. The zero-order valence-electron chi connectivity index (χ0n) is 19.9. The zero-order chi connectivity index (χ0) is 25.0. The topological polar surface area (TPSA) is 110 Å². The van der Waals surface area contributed by atoms with Gasteiger partial charge in [-0.2, -0.15) is 0 Å². The van der Waals surface area contributed by atoms with Crippen LogP contribution in [-0.2, 0) is 14.6 Å². The van der Waals surface area contributed by atoms with Gasteiger partial charge in [0.25, 0.3) is 0 Å². The lowest BCUT2D eigenvalue weighted by Crippen LogP contribution is -2.25. The van der Waals surface area contributed by atoms with Crippen LogP contribution in [-0.4, -0.2) is 57.2 Å². The van der Waals surface area contributed by atoms with Crippen molar-refractivity contribution in [1.82, 2.24) is 10.3 Å². The highest BCUT2D eigenvalue weighted by molar-refractivity contribution is 7.90. The Kier molecular flexibility index (Phi) is 7.49. The smallest absolute Gasteiger partial charge is 0.175 e. The van der Waals surface area contributed by atoms with E-state index in [1.807, 2.05) is 31.2 Å². The van der Waals surface area contributed by atoms with E-state index in [-0.39, 0.29) is 23.6 Å². The lowest BCUT2D eigenvalue weighted by molar-refractivity contribution is 0.0920. The summed E-state index contributed by atoms with van der Waals surface area (Å²) < 4.78 is 40.8. The number of benzene rings is 2. The molecule has 0 fully saturated rings. The van der Waals surface area contributed by atoms with Crippen molar-refractivity contribution in [3.05, 3.63) is 66.4 Å². The van der Waals surface area contributed by atoms with Crippen molar-refractivity contribution in [3.63, 3.8) is 0 Å². The van der Waals surface area contributed by atoms with Crippen LogP contribution in [0.15, 0.2) is 65.6 Å². The molecule has 0 saturated heterocycles.